The Kier molecular flexibility index (Phi) is 6.52. The van der Waals surface area contributed by atoms with E-state index in [1.165, 1.54) is 10.7 Å². The maximum Gasteiger partial charge on any atom is 0.416 e. The fourth-order valence-electron chi connectivity index (χ4n) is 4.26. The normalized spacial score (nSPS) is 14.9. The van der Waals surface area contributed by atoms with Crippen molar-refractivity contribution in [2.75, 3.05) is 42.9 Å². The fourth-order valence-corrected chi connectivity index (χ4v) is 4.26. The van der Waals surface area contributed by atoms with Crippen LogP contribution >= 0.6 is 0 Å². The van der Waals surface area contributed by atoms with Gasteiger partial charge in [-0.05, 0) is 37.3 Å². The number of hydrogen-bond donors (Lipinski definition) is 2. The molecule has 1 aliphatic rings. The zero-order valence-corrected chi connectivity index (χ0v) is 19.0. The molecule has 0 saturated carbocycles. The zero-order valence-electron chi connectivity index (χ0n) is 19.0. The second-order valence-corrected chi connectivity index (χ2v) is 8.45. The van der Waals surface area contributed by atoms with E-state index in [0.717, 1.165) is 17.0 Å². The monoisotopic (exact) mass is 474 g/mol. The Labute approximate surface area is 195 Å². The molecular weight excluding hydrogens is 447 g/mol. The van der Waals surface area contributed by atoms with E-state index < -0.39 is 11.7 Å². The molecule has 1 aromatic heterocycles. The maximum atomic E-state index is 13.0. The van der Waals surface area contributed by atoms with Crippen molar-refractivity contribution in [2.45, 2.75) is 13.1 Å². The summed E-state index contributed by atoms with van der Waals surface area (Å²) in [6.45, 7) is 4.23. The summed E-state index contributed by atoms with van der Waals surface area (Å²) in [7, 11) is 1.76. The van der Waals surface area contributed by atoms with Crippen LogP contribution < -0.4 is 20.7 Å². The van der Waals surface area contributed by atoms with E-state index in [4.69, 9.17) is 0 Å². The van der Waals surface area contributed by atoms with E-state index in [2.05, 4.69) is 5.32 Å². The van der Waals surface area contributed by atoms with Crippen LogP contribution in [0.5, 0.6) is 0 Å². The van der Waals surface area contributed by atoms with Gasteiger partial charge in [0.15, 0.2) is 6.54 Å². The number of hydrogen-bond acceptors (Lipinski definition) is 3. The van der Waals surface area contributed by atoms with Gasteiger partial charge in [0.1, 0.15) is 5.69 Å². The predicted molar refractivity (Wildman–Crippen MR) is 124 cm³/mol. The van der Waals surface area contributed by atoms with Crippen LogP contribution in [-0.2, 0) is 18.0 Å². The lowest BCUT2D eigenvalue weighted by atomic mass is 10.1. The van der Waals surface area contributed by atoms with E-state index in [1.807, 2.05) is 35.2 Å². The molecule has 0 unspecified atom stereocenters. The molecule has 0 aliphatic carbocycles. The molecule has 34 heavy (non-hydrogen) atoms. The molecule has 0 bridgehead atoms. The van der Waals surface area contributed by atoms with Crippen molar-refractivity contribution >= 4 is 17.3 Å². The molecule has 1 aliphatic heterocycles. The highest BCUT2D eigenvalue weighted by molar-refractivity contribution is 5.91. The third-order valence-electron chi connectivity index (χ3n) is 6.24. The second kappa shape index (κ2) is 9.38. The molecule has 10 heteroatoms. The number of para-hydroxylation sites is 1. The molecule has 1 saturated heterocycles. The summed E-state index contributed by atoms with van der Waals surface area (Å²) in [4.78, 5) is 28.6. The van der Waals surface area contributed by atoms with Gasteiger partial charge < -0.3 is 15.1 Å². The number of anilines is 2. The zero-order chi connectivity index (χ0) is 24.5. The van der Waals surface area contributed by atoms with Gasteiger partial charge in [0.25, 0.3) is 11.5 Å². The summed E-state index contributed by atoms with van der Waals surface area (Å²) in [6, 6.07) is 14.5. The summed E-state index contributed by atoms with van der Waals surface area (Å²) >= 11 is 0. The highest BCUT2D eigenvalue weighted by Crippen LogP contribution is 2.31. The minimum absolute atomic E-state index is 0.176. The Morgan fingerprint density at radius 3 is 2.32 bits per heavy atom. The summed E-state index contributed by atoms with van der Waals surface area (Å²) in [6.07, 6.45) is -4.38. The molecule has 2 aromatic carbocycles. The molecule has 180 valence electrons. The number of nitrogens with zero attached hydrogens (tertiary/aromatic N) is 3. The van der Waals surface area contributed by atoms with Gasteiger partial charge in [0.2, 0.25) is 0 Å². The van der Waals surface area contributed by atoms with Crippen LogP contribution in [0.3, 0.4) is 0 Å². The average molecular weight is 475 g/mol. The Morgan fingerprint density at radius 2 is 1.68 bits per heavy atom. The topological polar surface area (TPSA) is 63.7 Å². The van der Waals surface area contributed by atoms with Gasteiger partial charge in [-0.15, -0.1) is 0 Å². The summed E-state index contributed by atoms with van der Waals surface area (Å²) < 4.78 is 42.2. The third kappa shape index (κ3) is 4.86. The van der Waals surface area contributed by atoms with Crippen LogP contribution in [0, 0.1) is 6.92 Å². The highest BCUT2D eigenvalue weighted by atomic mass is 19.4. The van der Waals surface area contributed by atoms with E-state index in [9.17, 15) is 22.8 Å². The number of amides is 1. The second-order valence-electron chi connectivity index (χ2n) is 8.45. The first-order valence-corrected chi connectivity index (χ1v) is 11.0. The molecule has 0 atom stereocenters. The highest BCUT2D eigenvalue weighted by Gasteiger charge is 2.31. The standard InChI is InChI=1S/C24H26F3N5O2/c1-17-22(23(34)32(29(17)2)19-8-4-3-5-9-19)28-21(33)16-30-11-13-31(14-12-30)20-10-6-7-18(15-20)24(25,26)27/h3-10,15H,11-14,16H2,1-2H3,(H,28,33)/p+1. The fraction of sp³-hybridized carbons (Fsp3) is 0.333. The molecule has 1 fully saturated rings. The van der Waals surface area contributed by atoms with Gasteiger partial charge in [-0.2, -0.15) is 13.2 Å². The van der Waals surface area contributed by atoms with Crippen LogP contribution in [0.25, 0.3) is 5.69 Å². The van der Waals surface area contributed by atoms with Gasteiger partial charge in [-0.1, -0.05) is 24.3 Å². The number of benzene rings is 2. The number of alkyl halides is 3. The number of carbonyl (C=O) groups excluding carboxylic acids is 1. The van der Waals surface area contributed by atoms with E-state index in [-0.39, 0.29) is 23.7 Å². The molecular formula is C24H27F3N5O2+. The SMILES string of the molecule is Cc1c(NC(=O)C[NH+]2CCN(c3cccc(C(F)(F)F)c3)CC2)c(=O)n(-c2ccccc2)n1C. The van der Waals surface area contributed by atoms with Crippen LogP contribution in [-0.4, -0.2) is 48.0 Å². The Morgan fingerprint density at radius 1 is 1.03 bits per heavy atom. The number of piperazine rings is 1. The Balaban J connectivity index is 1.38. The molecule has 4 rings (SSSR count). The van der Waals surface area contributed by atoms with Crippen molar-refractivity contribution in [2.24, 2.45) is 7.05 Å². The lowest BCUT2D eigenvalue weighted by molar-refractivity contribution is -0.892. The van der Waals surface area contributed by atoms with Gasteiger partial charge in [0.05, 0.1) is 43.1 Å². The van der Waals surface area contributed by atoms with Gasteiger partial charge in [-0.25, -0.2) is 4.68 Å². The molecule has 3 aromatic rings. The van der Waals surface area contributed by atoms with E-state index >= 15 is 0 Å². The number of aromatic nitrogens is 2. The molecule has 7 nitrogen and oxygen atoms in total. The van der Waals surface area contributed by atoms with Crippen molar-refractivity contribution < 1.29 is 22.9 Å². The van der Waals surface area contributed by atoms with Crippen LogP contribution in [0.4, 0.5) is 24.5 Å². The smallest absolute Gasteiger partial charge is 0.360 e. The molecule has 2 heterocycles. The molecule has 0 radical (unpaired) electrons. The predicted octanol–water partition coefficient (Wildman–Crippen LogP) is 1.85. The maximum absolute atomic E-state index is 13.0. The van der Waals surface area contributed by atoms with Crippen molar-refractivity contribution in [3.8, 4) is 5.69 Å². The summed E-state index contributed by atoms with van der Waals surface area (Å²) in [5.41, 5.74) is 1.15. The number of nitrogens with one attached hydrogen (secondary N) is 2. The largest absolute Gasteiger partial charge is 0.416 e. The number of carbonyl (C=O) groups is 1. The van der Waals surface area contributed by atoms with Crippen molar-refractivity contribution in [3.05, 3.63) is 76.2 Å². The summed E-state index contributed by atoms with van der Waals surface area (Å²) in [5, 5.41) is 2.77. The Bertz CT molecular complexity index is 1230. The quantitative estimate of drug-likeness (QED) is 0.594. The van der Waals surface area contributed by atoms with Crippen molar-refractivity contribution in [3.63, 3.8) is 0 Å². The average Bonchev–Trinajstić information content (AvgIpc) is 3.02. The minimum Gasteiger partial charge on any atom is -0.360 e. The van der Waals surface area contributed by atoms with E-state index in [0.29, 0.717) is 43.2 Å². The first-order valence-electron chi connectivity index (χ1n) is 11.0. The lowest BCUT2D eigenvalue weighted by Crippen LogP contribution is -3.15. The molecule has 1 amide bonds. The first kappa shape index (κ1) is 23.6. The van der Waals surface area contributed by atoms with Gasteiger partial charge in [-0.3, -0.25) is 14.3 Å². The van der Waals surface area contributed by atoms with Crippen molar-refractivity contribution in [1.29, 1.82) is 0 Å². The molecule has 2 N–H and O–H groups in total. The van der Waals surface area contributed by atoms with Crippen LogP contribution in [0.1, 0.15) is 11.3 Å². The number of halogens is 3. The van der Waals surface area contributed by atoms with Crippen LogP contribution in [0.2, 0.25) is 0 Å². The first-order chi connectivity index (χ1) is 16.1. The minimum atomic E-state index is -4.38. The Hall–Kier alpha value is -3.53. The molecule has 0 spiro atoms. The van der Waals surface area contributed by atoms with Gasteiger partial charge in [0, 0.05) is 12.7 Å². The van der Waals surface area contributed by atoms with Crippen LogP contribution in [0.15, 0.2) is 59.4 Å². The van der Waals surface area contributed by atoms with Crippen molar-refractivity contribution in [1.82, 2.24) is 9.36 Å². The number of rotatable bonds is 5. The lowest BCUT2D eigenvalue weighted by Gasteiger charge is -2.33. The third-order valence-corrected chi connectivity index (χ3v) is 6.24. The van der Waals surface area contributed by atoms with E-state index in [1.54, 1.807) is 24.7 Å². The van der Waals surface area contributed by atoms with Gasteiger partial charge >= 0.3 is 6.18 Å². The number of quaternary nitrogens is 1. The summed E-state index contributed by atoms with van der Waals surface area (Å²) in [5.74, 6) is -0.270.